The molecule has 21 heavy (non-hydrogen) atoms. The summed E-state index contributed by atoms with van der Waals surface area (Å²) in [4.78, 5) is 14.4. The standard InChI is InChI=1S/C15H22N2O4/c1-11-2-3-14(21-6-4-16)13(8-11)15(19)17-5-7-20-10-12(17)9-18/h2-3,8,12,18H,4-7,9-10,16H2,1H3/t12-/m1/s1. The van der Waals surface area contributed by atoms with Crippen molar-refractivity contribution < 1.29 is 19.4 Å². The van der Waals surface area contributed by atoms with Crippen LogP contribution in [0.15, 0.2) is 18.2 Å². The summed E-state index contributed by atoms with van der Waals surface area (Å²) < 4.78 is 10.9. The topological polar surface area (TPSA) is 85.0 Å². The number of morpholine rings is 1. The van der Waals surface area contributed by atoms with Crippen molar-refractivity contribution in [2.75, 3.05) is 39.5 Å². The largest absolute Gasteiger partial charge is 0.491 e. The summed E-state index contributed by atoms with van der Waals surface area (Å²) in [6.07, 6.45) is 0. The second-order valence-corrected chi connectivity index (χ2v) is 5.05. The molecule has 1 aliphatic heterocycles. The van der Waals surface area contributed by atoms with Gasteiger partial charge < -0.3 is 25.2 Å². The molecule has 0 aromatic heterocycles. The number of benzene rings is 1. The fourth-order valence-electron chi connectivity index (χ4n) is 2.33. The van der Waals surface area contributed by atoms with Gasteiger partial charge in [-0.05, 0) is 19.1 Å². The van der Waals surface area contributed by atoms with Gasteiger partial charge in [0.2, 0.25) is 0 Å². The molecule has 0 bridgehead atoms. The van der Waals surface area contributed by atoms with Crippen molar-refractivity contribution in [2.45, 2.75) is 13.0 Å². The van der Waals surface area contributed by atoms with Crippen LogP contribution in [0.5, 0.6) is 5.75 Å². The zero-order chi connectivity index (χ0) is 15.2. The molecule has 0 aliphatic carbocycles. The van der Waals surface area contributed by atoms with Crippen molar-refractivity contribution in [3.8, 4) is 5.75 Å². The normalized spacial score (nSPS) is 18.6. The summed E-state index contributed by atoms with van der Waals surface area (Å²) in [5.41, 5.74) is 6.93. The molecule has 2 rings (SSSR count). The van der Waals surface area contributed by atoms with Crippen molar-refractivity contribution in [2.24, 2.45) is 5.73 Å². The van der Waals surface area contributed by atoms with Crippen LogP contribution in [-0.4, -0.2) is 61.5 Å². The van der Waals surface area contributed by atoms with E-state index in [-0.39, 0.29) is 18.6 Å². The number of nitrogens with zero attached hydrogens (tertiary/aromatic N) is 1. The average molecular weight is 294 g/mol. The van der Waals surface area contributed by atoms with Crippen LogP contribution in [0.1, 0.15) is 15.9 Å². The maximum atomic E-state index is 12.8. The number of aryl methyl sites for hydroxylation is 1. The molecule has 1 amide bonds. The van der Waals surface area contributed by atoms with Crippen molar-refractivity contribution in [1.82, 2.24) is 4.90 Å². The van der Waals surface area contributed by atoms with Gasteiger partial charge in [-0.15, -0.1) is 0 Å². The van der Waals surface area contributed by atoms with Crippen LogP contribution in [0.25, 0.3) is 0 Å². The number of aliphatic hydroxyl groups is 1. The van der Waals surface area contributed by atoms with Gasteiger partial charge >= 0.3 is 0 Å². The van der Waals surface area contributed by atoms with Gasteiger partial charge in [-0.1, -0.05) is 11.6 Å². The predicted molar refractivity (Wildman–Crippen MR) is 78.5 cm³/mol. The van der Waals surface area contributed by atoms with Crippen molar-refractivity contribution >= 4 is 5.91 Å². The van der Waals surface area contributed by atoms with E-state index in [9.17, 15) is 9.90 Å². The first-order valence-electron chi connectivity index (χ1n) is 7.10. The first-order valence-corrected chi connectivity index (χ1v) is 7.10. The Morgan fingerprint density at radius 1 is 1.57 bits per heavy atom. The fraction of sp³-hybridized carbons (Fsp3) is 0.533. The maximum absolute atomic E-state index is 12.8. The number of carbonyl (C=O) groups excluding carboxylic acids is 1. The number of ether oxygens (including phenoxy) is 2. The van der Waals surface area contributed by atoms with E-state index in [2.05, 4.69) is 0 Å². The van der Waals surface area contributed by atoms with E-state index in [1.165, 1.54) is 0 Å². The van der Waals surface area contributed by atoms with Gasteiger partial charge in [-0.3, -0.25) is 4.79 Å². The van der Waals surface area contributed by atoms with E-state index < -0.39 is 0 Å². The Balaban J connectivity index is 2.26. The molecule has 1 aromatic carbocycles. The number of carbonyl (C=O) groups is 1. The molecule has 1 aliphatic rings. The smallest absolute Gasteiger partial charge is 0.258 e. The molecule has 1 saturated heterocycles. The highest BCUT2D eigenvalue weighted by molar-refractivity contribution is 5.97. The van der Waals surface area contributed by atoms with Gasteiger partial charge in [0.1, 0.15) is 12.4 Å². The van der Waals surface area contributed by atoms with E-state index in [0.29, 0.717) is 44.2 Å². The number of aliphatic hydroxyl groups excluding tert-OH is 1. The van der Waals surface area contributed by atoms with E-state index in [1.807, 2.05) is 13.0 Å². The highest BCUT2D eigenvalue weighted by Gasteiger charge is 2.29. The minimum Gasteiger partial charge on any atom is -0.491 e. The molecule has 116 valence electrons. The molecule has 6 nitrogen and oxygen atoms in total. The zero-order valence-electron chi connectivity index (χ0n) is 12.2. The highest BCUT2D eigenvalue weighted by Crippen LogP contribution is 2.23. The Hall–Kier alpha value is -1.63. The lowest BCUT2D eigenvalue weighted by Crippen LogP contribution is -2.50. The lowest BCUT2D eigenvalue weighted by atomic mass is 10.1. The van der Waals surface area contributed by atoms with Gasteiger partial charge in [0, 0.05) is 13.1 Å². The average Bonchev–Trinajstić information content (AvgIpc) is 2.53. The summed E-state index contributed by atoms with van der Waals surface area (Å²) >= 11 is 0. The Labute approximate surface area is 124 Å². The van der Waals surface area contributed by atoms with Crippen LogP contribution in [0.3, 0.4) is 0 Å². The lowest BCUT2D eigenvalue weighted by Gasteiger charge is -2.34. The molecule has 1 heterocycles. The Morgan fingerprint density at radius 3 is 3.10 bits per heavy atom. The van der Waals surface area contributed by atoms with Crippen molar-refractivity contribution in [3.05, 3.63) is 29.3 Å². The minimum atomic E-state index is -0.311. The first-order chi connectivity index (χ1) is 10.2. The monoisotopic (exact) mass is 294 g/mol. The second-order valence-electron chi connectivity index (χ2n) is 5.05. The molecule has 6 heteroatoms. The molecule has 1 aromatic rings. The predicted octanol–water partition coefficient (Wildman–Crippen LogP) is 0.166. The van der Waals surface area contributed by atoms with Gasteiger partial charge in [-0.2, -0.15) is 0 Å². The van der Waals surface area contributed by atoms with Crippen molar-refractivity contribution in [3.63, 3.8) is 0 Å². The summed E-state index contributed by atoms with van der Waals surface area (Å²) in [7, 11) is 0. The molecular formula is C15H22N2O4. The van der Waals surface area contributed by atoms with Crippen molar-refractivity contribution in [1.29, 1.82) is 0 Å². The van der Waals surface area contributed by atoms with E-state index in [1.54, 1.807) is 17.0 Å². The number of rotatable bonds is 5. The van der Waals surface area contributed by atoms with Gasteiger partial charge in [0.15, 0.2) is 0 Å². The molecule has 1 fully saturated rings. The Bertz CT molecular complexity index is 493. The molecule has 0 saturated carbocycles. The van der Waals surface area contributed by atoms with E-state index in [0.717, 1.165) is 5.56 Å². The maximum Gasteiger partial charge on any atom is 0.258 e. The third kappa shape index (κ3) is 3.72. The third-order valence-electron chi connectivity index (χ3n) is 3.44. The lowest BCUT2D eigenvalue weighted by molar-refractivity contribution is -0.0185. The number of hydrogen-bond acceptors (Lipinski definition) is 5. The van der Waals surface area contributed by atoms with Crippen LogP contribution in [0.2, 0.25) is 0 Å². The quantitative estimate of drug-likeness (QED) is 0.808. The summed E-state index contributed by atoms with van der Waals surface area (Å²) in [6, 6.07) is 5.17. The fourth-order valence-corrected chi connectivity index (χ4v) is 2.33. The Kier molecular flexibility index (Phi) is 5.55. The van der Waals surface area contributed by atoms with Crippen LogP contribution >= 0.6 is 0 Å². The first kappa shape index (κ1) is 15.8. The highest BCUT2D eigenvalue weighted by atomic mass is 16.5. The van der Waals surface area contributed by atoms with Gasteiger partial charge in [-0.25, -0.2) is 0 Å². The summed E-state index contributed by atoms with van der Waals surface area (Å²) in [5.74, 6) is 0.382. The van der Waals surface area contributed by atoms with E-state index >= 15 is 0 Å². The van der Waals surface area contributed by atoms with Crippen LogP contribution in [0.4, 0.5) is 0 Å². The third-order valence-corrected chi connectivity index (χ3v) is 3.44. The molecular weight excluding hydrogens is 272 g/mol. The molecule has 1 atom stereocenters. The van der Waals surface area contributed by atoms with Crippen LogP contribution < -0.4 is 10.5 Å². The number of nitrogens with two attached hydrogens (primary N) is 1. The van der Waals surface area contributed by atoms with E-state index in [4.69, 9.17) is 15.2 Å². The summed E-state index contributed by atoms with van der Waals surface area (Å²) in [5, 5.41) is 9.40. The minimum absolute atomic E-state index is 0.115. The molecule has 0 spiro atoms. The molecule has 3 N–H and O–H groups in total. The number of hydrogen-bond donors (Lipinski definition) is 2. The van der Waals surface area contributed by atoms with Gasteiger partial charge in [0.05, 0.1) is 31.4 Å². The van der Waals surface area contributed by atoms with Crippen LogP contribution in [-0.2, 0) is 4.74 Å². The zero-order valence-corrected chi connectivity index (χ0v) is 12.2. The molecule has 0 radical (unpaired) electrons. The van der Waals surface area contributed by atoms with Crippen LogP contribution in [0, 0.1) is 6.92 Å². The number of amides is 1. The summed E-state index contributed by atoms with van der Waals surface area (Å²) in [6.45, 7) is 3.85. The second kappa shape index (κ2) is 7.40. The SMILES string of the molecule is Cc1ccc(OCCN)c(C(=O)N2CCOC[C@H]2CO)c1. The molecule has 0 unspecified atom stereocenters. The Morgan fingerprint density at radius 2 is 2.38 bits per heavy atom. The van der Waals surface area contributed by atoms with Gasteiger partial charge in [0.25, 0.3) is 5.91 Å².